The van der Waals surface area contributed by atoms with Gasteiger partial charge in [0.25, 0.3) is 0 Å². The van der Waals surface area contributed by atoms with Gasteiger partial charge >= 0.3 is 8.80 Å². The highest BCUT2D eigenvalue weighted by molar-refractivity contribution is 6.60. The number of nitrogens with two attached hydrogens (primary N) is 1. The van der Waals surface area contributed by atoms with Gasteiger partial charge in [-0.1, -0.05) is 13.3 Å². The highest BCUT2D eigenvalue weighted by Gasteiger charge is 2.41. The van der Waals surface area contributed by atoms with Gasteiger partial charge in [-0.25, -0.2) is 0 Å². The van der Waals surface area contributed by atoms with Crippen molar-refractivity contribution in [3.05, 3.63) is 0 Å². The second-order valence-electron chi connectivity index (χ2n) is 4.32. The van der Waals surface area contributed by atoms with E-state index < -0.39 is 8.80 Å². The van der Waals surface area contributed by atoms with Crippen LogP contribution in [0.25, 0.3) is 0 Å². The van der Waals surface area contributed by atoms with E-state index in [-0.39, 0.29) is 6.10 Å². The van der Waals surface area contributed by atoms with E-state index in [1.807, 2.05) is 13.8 Å². The second-order valence-corrected chi connectivity index (χ2v) is 7.00. The Morgan fingerprint density at radius 1 is 1.17 bits per heavy atom. The molecule has 3 N–H and O–H groups in total. The summed E-state index contributed by atoms with van der Waals surface area (Å²) in [5.74, 6) is 5.30. The summed E-state index contributed by atoms with van der Waals surface area (Å²) >= 11 is 0. The summed E-state index contributed by atoms with van der Waals surface area (Å²) in [5, 5.41) is 0. The van der Waals surface area contributed by atoms with Gasteiger partial charge in [-0.05, 0) is 33.6 Å². The molecule has 0 aliphatic carbocycles. The normalized spacial score (nSPS) is 13.8. The molecule has 0 fully saturated rings. The molecule has 0 radical (unpaired) electrons. The van der Waals surface area contributed by atoms with Gasteiger partial charge in [0.15, 0.2) is 0 Å². The average Bonchev–Trinajstić information content (AvgIpc) is 2.30. The summed E-state index contributed by atoms with van der Waals surface area (Å²) < 4.78 is 17.9. The van der Waals surface area contributed by atoms with Gasteiger partial charge in [-0.3, -0.25) is 11.3 Å². The number of hydrogen-bond donors (Lipinski definition) is 2. The van der Waals surface area contributed by atoms with E-state index >= 15 is 0 Å². The first kappa shape index (κ1) is 18.0. The fourth-order valence-electron chi connectivity index (χ4n) is 1.93. The van der Waals surface area contributed by atoms with Crippen molar-refractivity contribution in [1.82, 2.24) is 5.43 Å². The molecule has 0 heterocycles. The topological polar surface area (TPSA) is 65.7 Å². The molecule has 0 amide bonds. The maximum absolute atomic E-state index is 6.13. The molecule has 0 aliphatic rings. The molecule has 1 atom stereocenters. The van der Waals surface area contributed by atoms with Gasteiger partial charge in [0, 0.05) is 31.9 Å². The lowest BCUT2D eigenvalue weighted by Gasteiger charge is -2.31. The van der Waals surface area contributed by atoms with Crippen LogP contribution in [0, 0.1) is 0 Å². The van der Waals surface area contributed by atoms with E-state index in [0.717, 1.165) is 31.9 Å². The first-order valence-corrected chi connectivity index (χ1v) is 8.96. The lowest BCUT2D eigenvalue weighted by Crippen LogP contribution is -2.48. The smallest absolute Gasteiger partial charge is 0.374 e. The largest absolute Gasteiger partial charge is 0.501 e. The third kappa shape index (κ3) is 7.45. The average molecular weight is 278 g/mol. The summed E-state index contributed by atoms with van der Waals surface area (Å²) in [6, 6.07) is 0.812. The maximum Gasteiger partial charge on any atom is 0.501 e. The fourth-order valence-corrected chi connectivity index (χ4v) is 4.78. The second kappa shape index (κ2) is 10.9. The van der Waals surface area contributed by atoms with E-state index in [4.69, 9.17) is 19.1 Å². The molecule has 0 bridgehead atoms. The standard InChI is InChI=1S/C12H30N2O3Si/c1-5-9-12(4)17-18(15-6-2,16-7-3)11-8-10-14-13/h12,14H,5-11,13H2,1-4H3. The zero-order chi connectivity index (χ0) is 13.9. The lowest BCUT2D eigenvalue weighted by molar-refractivity contribution is 0.0350. The van der Waals surface area contributed by atoms with Crippen molar-refractivity contribution in [3.63, 3.8) is 0 Å². The Kier molecular flexibility index (Phi) is 10.9. The van der Waals surface area contributed by atoms with Crippen LogP contribution >= 0.6 is 0 Å². The highest BCUT2D eigenvalue weighted by Crippen LogP contribution is 2.21. The molecule has 0 aliphatic heterocycles. The Morgan fingerprint density at radius 3 is 2.22 bits per heavy atom. The molecule has 0 saturated carbocycles. The number of rotatable bonds is 12. The zero-order valence-corrected chi connectivity index (χ0v) is 13.3. The van der Waals surface area contributed by atoms with Crippen molar-refractivity contribution in [1.29, 1.82) is 0 Å². The Balaban J connectivity index is 4.50. The Bertz CT molecular complexity index is 190. The molecule has 0 aromatic rings. The number of hydrazine groups is 1. The van der Waals surface area contributed by atoms with Crippen molar-refractivity contribution in [3.8, 4) is 0 Å². The Hall–Kier alpha value is 0.0169. The van der Waals surface area contributed by atoms with Crippen molar-refractivity contribution < 1.29 is 13.3 Å². The third-order valence-corrected chi connectivity index (χ3v) is 5.79. The molecular weight excluding hydrogens is 248 g/mol. The summed E-state index contributed by atoms with van der Waals surface area (Å²) in [4.78, 5) is 0. The van der Waals surface area contributed by atoms with E-state index in [0.29, 0.717) is 13.2 Å². The SMILES string of the molecule is CCCC(C)O[Si](CCCNN)(OCC)OCC. The molecule has 6 heteroatoms. The van der Waals surface area contributed by atoms with Crippen LogP contribution in [-0.2, 0) is 13.3 Å². The number of hydrogen-bond acceptors (Lipinski definition) is 5. The molecule has 0 aromatic carbocycles. The van der Waals surface area contributed by atoms with E-state index in [2.05, 4.69) is 19.3 Å². The van der Waals surface area contributed by atoms with Gasteiger partial charge < -0.3 is 13.3 Å². The van der Waals surface area contributed by atoms with Crippen LogP contribution in [0.4, 0.5) is 0 Å². The van der Waals surface area contributed by atoms with Gasteiger partial charge in [-0.2, -0.15) is 0 Å². The van der Waals surface area contributed by atoms with E-state index in [9.17, 15) is 0 Å². The maximum atomic E-state index is 6.13. The van der Waals surface area contributed by atoms with E-state index in [1.54, 1.807) is 0 Å². The molecule has 0 aromatic heterocycles. The summed E-state index contributed by atoms with van der Waals surface area (Å²) in [5.41, 5.74) is 2.66. The van der Waals surface area contributed by atoms with Crippen LogP contribution in [0.1, 0.15) is 47.0 Å². The fraction of sp³-hybridized carbons (Fsp3) is 1.00. The summed E-state index contributed by atoms with van der Waals surface area (Å²) in [6.07, 6.45) is 3.23. The first-order chi connectivity index (χ1) is 8.64. The van der Waals surface area contributed by atoms with Crippen molar-refractivity contribution in [2.75, 3.05) is 19.8 Å². The Morgan fingerprint density at radius 2 is 1.78 bits per heavy atom. The summed E-state index contributed by atoms with van der Waals surface area (Å²) in [7, 11) is -2.53. The monoisotopic (exact) mass is 278 g/mol. The van der Waals surface area contributed by atoms with Gasteiger partial charge in [0.05, 0.1) is 0 Å². The molecule has 5 nitrogen and oxygen atoms in total. The first-order valence-electron chi connectivity index (χ1n) is 7.03. The van der Waals surface area contributed by atoms with Crippen LogP contribution in [0.5, 0.6) is 0 Å². The summed E-state index contributed by atoms with van der Waals surface area (Å²) in [6.45, 7) is 10.2. The van der Waals surface area contributed by atoms with Crippen LogP contribution in [0.15, 0.2) is 0 Å². The molecule has 18 heavy (non-hydrogen) atoms. The van der Waals surface area contributed by atoms with Crippen LogP contribution in [0.3, 0.4) is 0 Å². The quantitative estimate of drug-likeness (QED) is 0.247. The van der Waals surface area contributed by atoms with Gasteiger partial charge in [-0.15, -0.1) is 0 Å². The third-order valence-electron chi connectivity index (χ3n) is 2.61. The minimum Gasteiger partial charge on any atom is -0.374 e. The predicted octanol–water partition coefficient (Wildman–Crippen LogP) is 2.06. The molecular formula is C12H30N2O3Si. The lowest BCUT2D eigenvalue weighted by atomic mass is 10.2. The highest BCUT2D eigenvalue weighted by atomic mass is 28.4. The van der Waals surface area contributed by atoms with Gasteiger partial charge in [0.2, 0.25) is 0 Å². The van der Waals surface area contributed by atoms with Crippen molar-refractivity contribution >= 4 is 8.80 Å². The number of nitrogens with one attached hydrogen (secondary N) is 1. The minimum absolute atomic E-state index is 0.186. The molecule has 0 saturated heterocycles. The molecule has 110 valence electrons. The van der Waals surface area contributed by atoms with Crippen LogP contribution < -0.4 is 11.3 Å². The molecule has 0 rings (SSSR count). The Labute approximate surface area is 113 Å². The van der Waals surface area contributed by atoms with Crippen LogP contribution in [-0.4, -0.2) is 34.7 Å². The van der Waals surface area contributed by atoms with Crippen molar-refractivity contribution in [2.45, 2.75) is 59.1 Å². The minimum atomic E-state index is -2.53. The molecule has 1 unspecified atom stereocenters. The molecule has 0 spiro atoms. The zero-order valence-electron chi connectivity index (χ0n) is 12.3. The van der Waals surface area contributed by atoms with Crippen molar-refractivity contribution in [2.24, 2.45) is 5.84 Å². The predicted molar refractivity (Wildman–Crippen MR) is 76.1 cm³/mol. The van der Waals surface area contributed by atoms with Crippen LogP contribution in [0.2, 0.25) is 6.04 Å². The van der Waals surface area contributed by atoms with Gasteiger partial charge in [0.1, 0.15) is 0 Å². The van der Waals surface area contributed by atoms with E-state index in [1.165, 1.54) is 0 Å².